The van der Waals surface area contributed by atoms with E-state index in [1.165, 1.54) is 12.3 Å². The van der Waals surface area contributed by atoms with Crippen molar-refractivity contribution in [2.45, 2.75) is 59.5 Å². The van der Waals surface area contributed by atoms with Crippen LogP contribution in [-0.2, 0) is 4.79 Å². The van der Waals surface area contributed by atoms with E-state index in [2.05, 4.69) is 22.5 Å². The van der Waals surface area contributed by atoms with Gasteiger partial charge in [-0.15, -0.1) is 0 Å². The van der Waals surface area contributed by atoms with Crippen LogP contribution in [0, 0.1) is 0 Å². The number of hydrogen-bond acceptors (Lipinski definition) is 4. The molecule has 162 valence electrons. The zero-order chi connectivity index (χ0) is 22.4. The number of allylic oxidation sites excluding steroid dienone is 8. The molecule has 1 heterocycles. The first-order chi connectivity index (χ1) is 14.1. The van der Waals surface area contributed by atoms with E-state index >= 15 is 0 Å². The van der Waals surface area contributed by atoms with Crippen molar-refractivity contribution in [3.8, 4) is 0 Å². The molecule has 0 amide bonds. The highest BCUT2D eigenvalue weighted by atomic mass is 19.1. The number of rotatable bonds is 5. The first-order valence-electron chi connectivity index (χ1n) is 10.2. The molecule has 0 radical (unpaired) electrons. The highest BCUT2D eigenvalue weighted by molar-refractivity contribution is 5.92. The third-order valence-electron chi connectivity index (χ3n) is 5.22. The molecule has 2 rings (SSSR count). The topological polar surface area (TPSA) is 73.4 Å². The summed E-state index contributed by atoms with van der Waals surface area (Å²) in [7, 11) is 0. The van der Waals surface area contributed by atoms with Gasteiger partial charge in [-0.05, 0) is 69.9 Å². The predicted octanol–water partition coefficient (Wildman–Crippen LogP) is 4.73. The molecular weight excluding hydrogens is 381 g/mol. The van der Waals surface area contributed by atoms with Crippen LogP contribution >= 0.6 is 0 Å². The molecule has 0 bridgehead atoms. The maximum atomic E-state index is 14.5. The number of halogens is 1. The molecular formula is C24H32FN3O2. The van der Waals surface area contributed by atoms with E-state index in [1.54, 1.807) is 6.08 Å². The van der Waals surface area contributed by atoms with Crippen LogP contribution in [0.5, 0.6) is 0 Å². The molecule has 2 unspecified atom stereocenters. The summed E-state index contributed by atoms with van der Waals surface area (Å²) < 4.78 is 14.5. The van der Waals surface area contributed by atoms with E-state index in [-0.39, 0.29) is 17.7 Å². The molecule has 0 fully saturated rings. The molecule has 0 aromatic carbocycles. The summed E-state index contributed by atoms with van der Waals surface area (Å²) in [5, 5.41) is 19.4. The van der Waals surface area contributed by atoms with Crippen molar-refractivity contribution < 1.29 is 14.3 Å². The molecule has 6 heteroatoms. The molecule has 0 aromatic rings. The lowest BCUT2D eigenvalue weighted by Gasteiger charge is -2.28. The largest absolute Gasteiger partial charge is 0.478 e. The maximum absolute atomic E-state index is 14.5. The minimum Gasteiger partial charge on any atom is -0.478 e. The summed E-state index contributed by atoms with van der Waals surface area (Å²) >= 11 is 0. The van der Waals surface area contributed by atoms with Crippen LogP contribution in [0.2, 0.25) is 0 Å². The Kier molecular flexibility index (Phi) is 7.86. The molecule has 0 aromatic heterocycles. The first-order valence-corrected chi connectivity index (χ1v) is 10.2. The van der Waals surface area contributed by atoms with Gasteiger partial charge in [-0.2, -0.15) is 0 Å². The van der Waals surface area contributed by atoms with Crippen LogP contribution in [0.4, 0.5) is 4.39 Å². The summed E-state index contributed by atoms with van der Waals surface area (Å²) in [6.07, 6.45) is 9.68. The Morgan fingerprint density at radius 3 is 2.70 bits per heavy atom. The lowest BCUT2D eigenvalue weighted by molar-refractivity contribution is -0.132. The summed E-state index contributed by atoms with van der Waals surface area (Å²) in [6.45, 7) is 13.5. The van der Waals surface area contributed by atoms with Crippen LogP contribution in [0.3, 0.4) is 0 Å². The third-order valence-corrected chi connectivity index (χ3v) is 5.22. The minimum atomic E-state index is -0.982. The average molecular weight is 414 g/mol. The van der Waals surface area contributed by atoms with Gasteiger partial charge in [0.05, 0.1) is 5.57 Å². The fraction of sp³-hybridized carbons (Fsp3) is 0.375. The Morgan fingerprint density at radius 2 is 2.07 bits per heavy atom. The van der Waals surface area contributed by atoms with Crippen molar-refractivity contribution in [3.05, 3.63) is 82.3 Å². The lowest BCUT2D eigenvalue weighted by atomic mass is 9.97. The van der Waals surface area contributed by atoms with Gasteiger partial charge in [-0.3, -0.25) is 0 Å². The normalized spacial score (nSPS) is 26.8. The standard InChI is InChI=1S/C24H32FN3O2/c1-7-19-9-8-14(2)10-22(24(29)30)23(19)28-18(6)21-12-20(25)13-26-15(3)11-16(4)27-17(21)5/h8,10-13,17-18,26-28H,3,7,9H2,1-2,4-6H3,(H,29,30)/b16-11-,20-13+,21-12+. The Labute approximate surface area is 178 Å². The van der Waals surface area contributed by atoms with Crippen LogP contribution in [0.25, 0.3) is 0 Å². The molecule has 2 aliphatic rings. The quantitative estimate of drug-likeness (QED) is 0.525. The van der Waals surface area contributed by atoms with Gasteiger partial charge < -0.3 is 21.1 Å². The molecule has 30 heavy (non-hydrogen) atoms. The highest BCUT2D eigenvalue weighted by Crippen LogP contribution is 2.26. The van der Waals surface area contributed by atoms with Gasteiger partial charge in [0.2, 0.25) is 0 Å². The van der Waals surface area contributed by atoms with Gasteiger partial charge in [0, 0.05) is 35.4 Å². The maximum Gasteiger partial charge on any atom is 0.337 e. The first kappa shape index (κ1) is 23.3. The van der Waals surface area contributed by atoms with E-state index in [0.717, 1.165) is 28.8 Å². The van der Waals surface area contributed by atoms with E-state index in [9.17, 15) is 14.3 Å². The SMILES string of the molecule is C=C1/C=C(/C)NC(C)/C(C(C)NC2=C(CC)CC=C(C)C=C2C(=O)O)=C\C(F)=C/N1. The van der Waals surface area contributed by atoms with Crippen molar-refractivity contribution in [1.82, 2.24) is 16.0 Å². The number of nitrogens with one attached hydrogen (secondary N) is 3. The fourth-order valence-corrected chi connectivity index (χ4v) is 3.66. The van der Waals surface area contributed by atoms with E-state index in [4.69, 9.17) is 0 Å². The Bertz CT molecular complexity index is 903. The van der Waals surface area contributed by atoms with Gasteiger partial charge in [-0.25, -0.2) is 9.18 Å². The lowest BCUT2D eigenvalue weighted by Crippen LogP contribution is -2.39. The molecule has 1 aliphatic heterocycles. The van der Waals surface area contributed by atoms with E-state index in [1.807, 2.05) is 46.8 Å². The Morgan fingerprint density at radius 1 is 1.37 bits per heavy atom. The number of carboxylic acid groups (broad SMARTS) is 1. The second-order valence-electron chi connectivity index (χ2n) is 7.75. The molecule has 0 saturated carbocycles. The van der Waals surface area contributed by atoms with Gasteiger partial charge in [0.1, 0.15) is 5.83 Å². The summed E-state index contributed by atoms with van der Waals surface area (Å²) in [4.78, 5) is 12.0. The van der Waals surface area contributed by atoms with Gasteiger partial charge in [0.15, 0.2) is 0 Å². The predicted molar refractivity (Wildman–Crippen MR) is 120 cm³/mol. The van der Waals surface area contributed by atoms with Crippen LogP contribution in [-0.4, -0.2) is 23.2 Å². The van der Waals surface area contributed by atoms with Crippen LogP contribution < -0.4 is 16.0 Å². The van der Waals surface area contributed by atoms with Gasteiger partial charge in [0.25, 0.3) is 0 Å². The summed E-state index contributed by atoms with van der Waals surface area (Å²) in [5.74, 6) is -1.41. The summed E-state index contributed by atoms with van der Waals surface area (Å²) in [6, 6.07) is -0.484. The van der Waals surface area contributed by atoms with Gasteiger partial charge in [-0.1, -0.05) is 25.2 Å². The Hall–Kier alpha value is -3.02. The van der Waals surface area contributed by atoms with E-state index in [0.29, 0.717) is 17.8 Å². The summed E-state index contributed by atoms with van der Waals surface area (Å²) in [5.41, 5.74) is 5.01. The van der Waals surface area contributed by atoms with E-state index < -0.39 is 11.8 Å². The fourth-order valence-electron chi connectivity index (χ4n) is 3.66. The molecule has 2 atom stereocenters. The zero-order valence-corrected chi connectivity index (χ0v) is 18.4. The van der Waals surface area contributed by atoms with Crippen LogP contribution in [0.1, 0.15) is 47.5 Å². The minimum absolute atomic E-state index is 0.178. The number of aliphatic carboxylic acids is 1. The van der Waals surface area contributed by atoms with Crippen molar-refractivity contribution in [2.24, 2.45) is 0 Å². The zero-order valence-electron chi connectivity index (χ0n) is 18.4. The van der Waals surface area contributed by atoms with Gasteiger partial charge >= 0.3 is 5.97 Å². The monoisotopic (exact) mass is 413 g/mol. The van der Waals surface area contributed by atoms with Crippen molar-refractivity contribution in [3.63, 3.8) is 0 Å². The second kappa shape index (κ2) is 10.1. The van der Waals surface area contributed by atoms with Crippen LogP contribution in [0.15, 0.2) is 82.3 Å². The molecule has 5 nitrogen and oxygen atoms in total. The number of carboxylic acids is 1. The molecule has 0 saturated heterocycles. The smallest absolute Gasteiger partial charge is 0.337 e. The second-order valence-corrected chi connectivity index (χ2v) is 7.75. The molecule has 0 spiro atoms. The molecule has 4 N–H and O–H groups in total. The number of carbonyl (C=O) groups is 1. The average Bonchev–Trinajstić information content (AvgIpc) is 2.82. The highest BCUT2D eigenvalue weighted by Gasteiger charge is 2.24. The van der Waals surface area contributed by atoms with Crippen molar-refractivity contribution in [2.75, 3.05) is 0 Å². The third kappa shape index (κ3) is 5.99. The van der Waals surface area contributed by atoms with Crippen molar-refractivity contribution >= 4 is 5.97 Å². The number of hydrogen-bond donors (Lipinski definition) is 4. The molecule has 1 aliphatic carbocycles. The Balaban J connectivity index is 2.44. The van der Waals surface area contributed by atoms with Crippen molar-refractivity contribution in [1.29, 1.82) is 0 Å².